The summed E-state index contributed by atoms with van der Waals surface area (Å²) in [5, 5.41) is 16.7. The van der Waals surface area contributed by atoms with E-state index in [0.29, 0.717) is 23.4 Å². The largest absolute Gasteiger partial charge is 0.507 e. The average molecular weight is 374 g/mol. The van der Waals surface area contributed by atoms with E-state index >= 15 is 0 Å². The van der Waals surface area contributed by atoms with Crippen LogP contribution in [0, 0.1) is 0 Å². The molecule has 0 heterocycles. The number of nitrogens with one attached hydrogen (secondary N) is 2. The van der Waals surface area contributed by atoms with Gasteiger partial charge in [-0.25, -0.2) is 4.79 Å². The van der Waals surface area contributed by atoms with Crippen LogP contribution in [-0.2, 0) is 0 Å². The summed E-state index contributed by atoms with van der Waals surface area (Å²) in [6.45, 7) is 2.78. The first kappa shape index (κ1) is 19.5. The highest BCUT2D eigenvalue weighted by atomic mass is 16.3. The number of unbranched alkanes of at least 4 members (excludes halogenated alkanes) is 2. The van der Waals surface area contributed by atoms with Crippen LogP contribution in [0.15, 0.2) is 72.8 Å². The zero-order chi connectivity index (χ0) is 19.8. The molecule has 0 aliphatic heterocycles. The highest BCUT2D eigenvalue weighted by Gasteiger charge is 2.14. The number of phenolic OH excluding ortho intramolecular Hbond substituents is 1. The summed E-state index contributed by atoms with van der Waals surface area (Å²) < 4.78 is 0. The van der Waals surface area contributed by atoms with Crippen LogP contribution in [0.2, 0.25) is 0 Å². The van der Waals surface area contributed by atoms with Gasteiger partial charge in [-0.1, -0.05) is 80.4 Å². The summed E-state index contributed by atoms with van der Waals surface area (Å²) >= 11 is 0. The number of anilines is 1. The number of carbonyl (C=O) groups is 1. The lowest BCUT2D eigenvalue weighted by Crippen LogP contribution is -2.29. The quantitative estimate of drug-likeness (QED) is 0.349. The summed E-state index contributed by atoms with van der Waals surface area (Å²) in [5.74, 6) is 0.200. The standard InChI is InChI=1S/C24H26N2O2/c1-2-3-10-15-25-24(28)26-20-16-21(18-11-6-4-7-12-18)23(27)22(17-20)19-13-8-5-9-14-19/h4-9,11-14,16-17,27H,2-3,10,15H2,1H3,(H2,25,26,28). The van der Waals surface area contributed by atoms with Crippen LogP contribution < -0.4 is 10.6 Å². The van der Waals surface area contributed by atoms with Crippen molar-refractivity contribution in [3.8, 4) is 28.0 Å². The Morgan fingerprint density at radius 1 is 0.857 bits per heavy atom. The predicted octanol–water partition coefficient (Wildman–Crippen LogP) is 6.04. The molecule has 144 valence electrons. The topological polar surface area (TPSA) is 61.4 Å². The Kier molecular flexibility index (Phi) is 6.68. The van der Waals surface area contributed by atoms with Gasteiger partial charge in [0.15, 0.2) is 0 Å². The highest BCUT2D eigenvalue weighted by Crippen LogP contribution is 2.40. The number of benzene rings is 3. The zero-order valence-corrected chi connectivity index (χ0v) is 16.1. The van der Waals surface area contributed by atoms with Gasteiger partial charge in [-0.15, -0.1) is 0 Å². The summed E-state index contributed by atoms with van der Waals surface area (Å²) in [4.78, 5) is 12.3. The number of amides is 2. The smallest absolute Gasteiger partial charge is 0.319 e. The molecule has 0 atom stereocenters. The Bertz CT molecular complexity index is 848. The van der Waals surface area contributed by atoms with Crippen LogP contribution in [0.25, 0.3) is 22.3 Å². The molecule has 3 aromatic carbocycles. The van der Waals surface area contributed by atoms with Crippen molar-refractivity contribution >= 4 is 11.7 Å². The second-order valence-corrected chi connectivity index (χ2v) is 6.74. The molecule has 3 aromatic rings. The van der Waals surface area contributed by atoms with Gasteiger partial charge in [-0.2, -0.15) is 0 Å². The van der Waals surface area contributed by atoms with Gasteiger partial charge >= 0.3 is 6.03 Å². The summed E-state index contributed by atoms with van der Waals surface area (Å²) in [7, 11) is 0. The third-order valence-electron chi connectivity index (χ3n) is 4.60. The molecule has 0 aliphatic carbocycles. The van der Waals surface area contributed by atoms with E-state index in [2.05, 4.69) is 17.6 Å². The molecular formula is C24H26N2O2. The fraction of sp³-hybridized carbons (Fsp3) is 0.208. The van der Waals surface area contributed by atoms with Gasteiger partial charge in [-0.05, 0) is 29.7 Å². The Balaban J connectivity index is 1.93. The van der Waals surface area contributed by atoms with Crippen molar-refractivity contribution in [2.24, 2.45) is 0 Å². The van der Waals surface area contributed by atoms with Gasteiger partial charge in [0.2, 0.25) is 0 Å². The number of aromatic hydroxyl groups is 1. The van der Waals surface area contributed by atoms with Crippen LogP contribution in [0.1, 0.15) is 26.2 Å². The van der Waals surface area contributed by atoms with Gasteiger partial charge in [0.05, 0.1) is 0 Å². The van der Waals surface area contributed by atoms with Crippen LogP contribution in [0.4, 0.5) is 10.5 Å². The molecule has 0 fully saturated rings. The second kappa shape index (κ2) is 9.60. The summed E-state index contributed by atoms with van der Waals surface area (Å²) in [6.07, 6.45) is 3.17. The maximum atomic E-state index is 12.3. The normalized spacial score (nSPS) is 10.5. The number of rotatable bonds is 7. The van der Waals surface area contributed by atoms with E-state index in [1.54, 1.807) is 0 Å². The Hall–Kier alpha value is -3.27. The van der Waals surface area contributed by atoms with Crippen molar-refractivity contribution in [1.29, 1.82) is 0 Å². The number of phenols is 1. The molecule has 0 aliphatic rings. The molecule has 0 spiro atoms. The van der Waals surface area contributed by atoms with Crippen molar-refractivity contribution in [3.63, 3.8) is 0 Å². The van der Waals surface area contributed by atoms with Crippen molar-refractivity contribution in [2.75, 3.05) is 11.9 Å². The van der Waals surface area contributed by atoms with E-state index < -0.39 is 0 Å². The Morgan fingerprint density at radius 2 is 1.39 bits per heavy atom. The number of carbonyl (C=O) groups excluding carboxylic acids is 1. The molecule has 2 amide bonds. The number of hydrogen-bond acceptors (Lipinski definition) is 2. The van der Waals surface area contributed by atoms with Crippen LogP contribution in [0.5, 0.6) is 5.75 Å². The first-order chi connectivity index (χ1) is 13.7. The molecule has 3 N–H and O–H groups in total. The molecular weight excluding hydrogens is 348 g/mol. The second-order valence-electron chi connectivity index (χ2n) is 6.74. The van der Waals surface area contributed by atoms with Gasteiger partial charge in [0.1, 0.15) is 5.75 Å². The van der Waals surface area contributed by atoms with Gasteiger partial charge in [-0.3, -0.25) is 0 Å². The third-order valence-corrected chi connectivity index (χ3v) is 4.60. The van der Waals surface area contributed by atoms with Crippen molar-refractivity contribution in [2.45, 2.75) is 26.2 Å². The molecule has 0 unspecified atom stereocenters. The molecule has 0 bridgehead atoms. The van der Waals surface area contributed by atoms with Crippen LogP contribution in [0.3, 0.4) is 0 Å². The minimum Gasteiger partial charge on any atom is -0.507 e. The Labute approximate surface area is 166 Å². The third kappa shape index (κ3) is 4.92. The van der Waals surface area contributed by atoms with Crippen molar-refractivity contribution in [3.05, 3.63) is 72.8 Å². The number of hydrogen-bond donors (Lipinski definition) is 3. The molecule has 0 radical (unpaired) electrons. The van der Waals surface area contributed by atoms with E-state index in [1.807, 2.05) is 72.8 Å². The van der Waals surface area contributed by atoms with E-state index in [4.69, 9.17) is 0 Å². The minimum atomic E-state index is -0.236. The lowest BCUT2D eigenvalue weighted by atomic mass is 9.96. The highest BCUT2D eigenvalue weighted by molar-refractivity contribution is 5.93. The fourth-order valence-electron chi connectivity index (χ4n) is 3.13. The van der Waals surface area contributed by atoms with E-state index in [-0.39, 0.29) is 11.8 Å². The van der Waals surface area contributed by atoms with Gasteiger partial charge < -0.3 is 15.7 Å². The molecule has 4 heteroatoms. The minimum absolute atomic E-state index is 0.200. The van der Waals surface area contributed by atoms with Crippen molar-refractivity contribution < 1.29 is 9.90 Å². The lowest BCUT2D eigenvalue weighted by molar-refractivity contribution is 0.252. The first-order valence-corrected chi connectivity index (χ1v) is 9.71. The molecule has 0 aromatic heterocycles. The fourth-order valence-corrected chi connectivity index (χ4v) is 3.13. The first-order valence-electron chi connectivity index (χ1n) is 9.71. The maximum absolute atomic E-state index is 12.3. The molecule has 0 saturated heterocycles. The van der Waals surface area contributed by atoms with Crippen LogP contribution >= 0.6 is 0 Å². The average Bonchev–Trinajstić information content (AvgIpc) is 2.73. The van der Waals surface area contributed by atoms with E-state index in [9.17, 15) is 9.90 Å². The number of urea groups is 1. The monoisotopic (exact) mass is 374 g/mol. The molecule has 28 heavy (non-hydrogen) atoms. The molecule has 0 saturated carbocycles. The Morgan fingerprint density at radius 3 is 1.89 bits per heavy atom. The molecule has 3 rings (SSSR count). The van der Waals surface area contributed by atoms with Gasteiger partial charge in [0.25, 0.3) is 0 Å². The molecule has 4 nitrogen and oxygen atoms in total. The summed E-state index contributed by atoms with van der Waals surface area (Å²) in [6, 6.07) is 22.7. The zero-order valence-electron chi connectivity index (χ0n) is 16.1. The van der Waals surface area contributed by atoms with E-state index in [1.165, 1.54) is 0 Å². The van der Waals surface area contributed by atoms with E-state index in [0.717, 1.165) is 30.4 Å². The predicted molar refractivity (Wildman–Crippen MR) is 116 cm³/mol. The van der Waals surface area contributed by atoms with Crippen molar-refractivity contribution in [1.82, 2.24) is 5.32 Å². The SMILES string of the molecule is CCCCCNC(=O)Nc1cc(-c2ccccc2)c(O)c(-c2ccccc2)c1. The van der Waals surface area contributed by atoms with Gasteiger partial charge in [0, 0.05) is 23.4 Å². The maximum Gasteiger partial charge on any atom is 0.319 e. The lowest BCUT2D eigenvalue weighted by Gasteiger charge is -2.15. The van der Waals surface area contributed by atoms with Crippen LogP contribution in [-0.4, -0.2) is 17.7 Å². The summed E-state index contributed by atoms with van der Waals surface area (Å²) in [5.41, 5.74) is 3.79.